The van der Waals surface area contributed by atoms with E-state index in [0.717, 1.165) is 19.4 Å². The van der Waals surface area contributed by atoms with Gasteiger partial charge in [0.1, 0.15) is 5.82 Å². The molecule has 130 valence electrons. The van der Waals surface area contributed by atoms with Gasteiger partial charge in [-0.15, -0.1) is 0 Å². The second-order valence-corrected chi connectivity index (χ2v) is 6.46. The molecule has 23 heavy (non-hydrogen) atoms. The maximum absolute atomic E-state index is 13.9. The highest BCUT2D eigenvalue weighted by Gasteiger charge is 2.22. The van der Waals surface area contributed by atoms with E-state index in [9.17, 15) is 9.50 Å². The molecule has 2 atom stereocenters. The summed E-state index contributed by atoms with van der Waals surface area (Å²) >= 11 is 0. The molecule has 2 rings (SSSR count). The number of nitrogens with zero attached hydrogens (tertiary/aromatic N) is 1. The fourth-order valence-corrected chi connectivity index (χ4v) is 2.80. The minimum Gasteiger partial charge on any atom is -0.389 e. The summed E-state index contributed by atoms with van der Waals surface area (Å²) in [6, 6.07) is 6.78. The maximum atomic E-state index is 13.9. The zero-order valence-corrected chi connectivity index (χ0v) is 14.1. The van der Waals surface area contributed by atoms with Crippen molar-refractivity contribution in [3.8, 4) is 0 Å². The molecule has 0 spiro atoms. The Hall–Kier alpha value is -1.01. The molecule has 1 saturated heterocycles. The molecule has 1 aliphatic heterocycles. The lowest BCUT2D eigenvalue weighted by Gasteiger charge is -2.28. The largest absolute Gasteiger partial charge is 0.389 e. The summed E-state index contributed by atoms with van der Waals surface area (Å²) < 4.78 is 25.1. The summed E-state index contributed by atoms with van der Waals surface area (Å²) in [7, 11) is 0. The Morgan fingerprint density at radius 2 is 2.17 bits per heavy atom. The van der Waals surface area contributed by atoms with E-state index in [1.807, 2.05) is 19.9 Å². The van der Waals surface area contributed by atoms with Crippen molar-refractivity contribution in [3.63, 3.8) is 0 Å². The van der Waals surface area contributed by atoms with Gasteiger partial charge < -0.3 is 14.6 Å². The van der Waals surface area contributed by atoms with Crippen LogP contribution < -0.4 is 0 Å². The Kier molecular flexibility index (Phi) is 7.43. The number of aliphatic hydroxyl groups is 1. The van der Waals surface area contributed by atoms with Crippen LogP contribution in [0.25, 0.3) is 0 Å². The Morgan fingerprint density at radius 1 is 1.39 bits per heavy atom. The summed E-state index contributed by atoms with van der Waals surface area (Å²) in [5.41, 5.74) is 0.641. The number of aliphatic hydroxyl groups excluding tert-OH is 1. The van der Waals surface area contributed by atoms with Crippen molar-refractivity contribution < 1.29 is 19.0 Å². The first-order valence-electron chi connectivity index (χ1n) is 8.41. The fourth-order valence-electron chi connectivity index (χ4n) is 2.80. The molecular formula is C18H28FNO3. The molecule has 1 N–H and O–H groups in total. The van der Waals surface area contributed by atoms with Crippen molar-refractivity contribution in [2.24, 2.45) is 0 Å². The molecule has 0 amide bonds. The third kappa shape index (κ3) is 6.55. The van der Waals surface area contributed by atoms with Gasteiger partial charge in [-0.05, 0) is 32.8 Å². The van der Waals surface area contributed by atoms with E-state index in [1.54, 1.807) is 12.1 Å². The zero-order chi connectivity index (χ0) is 16.7. The Morgan fingerprint density at radius 3 is 2.83 bits per heavy atom. The van der Waals surface area contributed by atoms with Crippen molar-refractivity contribution >= 4 is 0 Å². The predicted octanol–water partition coefficient (Wildman–Crippen LogP) is 2.59. The Labute approximate surface area is 138 Å². The van der Waals surface area contributed by atoms with Crippen LogP contribution in [0.15, 0.2) is 24.3 Å². The quantitative estimate of drug-likeness (QED) is 0.758. The van der Waals surface area contributed by atoms with Crippen LogP contribution in [0.1, 0.15) is 32.3 Å². The molecule has 1 aromatic rings. The van der Waals surface area contributed by atoms with E-state index in [1.165, 1.54) is 6.07 Å². The van der Waals surface area contributed by atoms with Gasteiger partial charge in [0.15, 0.2) is 0 Å². The van der Waals surface area contributed by atoms with Gasteiger partial charge in [0.25, 0.3) is 0 Å². The molecule has 0 aromatic heterocycles. The fraction of sp³-hybridized carbons (Fsp3) is 0.667. The number of hydrogen-bond donors (Lipinski definition) is 1. The number of halogens is 1. The van der Waals surface area contributed by atoms with Gasteiger partial charge >= 0.3 is 0 Å². The number of hydrogen-bond acceptors (Lipinski definition) is 4. The lowest BCUT2D eigenvalue weighted by Crippen LogP contribution is -2.39. The van der Waals surface area contributed by atoms with E-state index in [-0.39, 0.29) is 24.6 Å². The van der Waals surface area contributed by atoms with E-state index < -0.39 is 6.10 Å². The van der Waals surface area contributed by atoms with E-state index >= 15 is 0 Å². The minimum atomic E-state index is -0.592. The minimum absolute atomic E-state index is 0.0860. The van der Waals surface area contributed by atoms with Gasteiger partial charge in [-0.1, -0.05) is 18.2 Å². The number of ether oxygens (including phenoxy) is 2. The van der Waals surface area contributed by atoms with Crippen LogP contribution in [0.3, 0.4) is 0 Å². The van der Waals surface area contributed by atoms with Gasteiger partial charge in [0.2, 0.25) is 0 Å². The second kappa shape index (κ2) is 9.33. The highest BCUT2D eigenvalue weighted by molar-refractivity contribution is 5.17. The van der Waals surface area contributed by atoms with Gasteiger partial charge in [-0.25, -0.2) is 4.39 Å². The third-order valence-corrected chi connectivity index (χ3v) is 3.93. The lowest BCUT2D eigenvalue weighted by atomic mass is 10.1. The van der Waals surface area contributed by atoms with Crippen LogP contribution in [0.4, 0.5) is 4.39 Å². The molecule has 5 heteroatoms. The standard InChI is InChI=1S/C18H28FNO3/c1-14(2)23-13-16(21)11-20(12-17-7-5-9-22-17)10-15-6-3-4-8-18(15)19/h3-4,6,8,14,16-17,21H,5,7,9-13H2,1-2H3/t16-,17-/m1/s1. The molecule has 4 nitrogen and oxygen atoms in total. The average molecular weight is 325 g/mol. The molecule has 1 aliphatic rings. The van der Waals surface area contributed by atoms with Crippen LogP contribution in [0.5, 0.6) is 0 Å². The molecule has 0 aliphatic carbocycles. The number of benzene rings is 1. The number of rotatable bonds is 9. The van der Waals surface area contributed by atoms with Crippen molar-refractivity contribution in [2.75, 3.05) is 26.3 Å². The van der Waals surface area contributed by atoms with Crippen LogP contribution in [-0.4, -0.2) is 54.6 Å². The van der Waals surface area contributed by atoms with Crippen LogP contribution in [0.2, 0.25) is 0 Å². The topological polar surface area (TPSA) is 41.9 Å². The van der Waals surface area contributed by atoms with Crippen LogP contribution in [0, 0.1) is 5.82 Å². The second-order valence-electron chi connectivity index (χ2n) is 6.46. The molecule has 1 fully saturated rings. The molecule has 1 heterocycles. The van der Waals surface area contributed by atoms with Crippen molar-refractivity contribution in [1.29, 1.82) is 0 Å². The van der Waals surface area contributed by atoms with Gasteiger partial charge in [0.05, 0.1) is 24.9 Å². The lowest BCUT2D eigenvalue weighted by molar-refractivity contribution is -0.0173. The van der Waals surface area contributed by atoms with Crippen molar-refractivity contribution in [1.82, 2.24) is 4.90 Å². The first-order chi connectivity index (χ1) is 11.0. The first kappa shape index (κ1) is 18.3. The molecule has 1 aromatic carbocycles. The predicted molar refractivity (Wildman–Crippen MR) is 87.7 cm³/mol. The third-order valence-electron chi connectivity index (χ3n) is 3.93. The van der Waals surface area contributed by atoms with E-state index in [0.29, 0.717) is 25.2 Å². The summed E-state index contributed by atoms with van der Waals surface area (Å²) in [4.78, 5) is 2.06. The molecular weight excluding hydrogens is 297 g/mol. The van der Waals surface area contributed by atoms with Gasteiger partial charge in [-0.2, -0.15) is 0 Å². The van der Waals surface area contributed by atoms with Crippen molar-refractivity contribution in [3.05, 3.63) is 35.6 Å². The summed E-state index contributed by atoms with van der Waals surface area (Å²) in [5, 5.41) is 10.2. The first-order valence-corrected chi connectivity index (χ1v) is 8.41. The maximum Gasteiger partial charge on any atom is 0.127 e. The average Bonchev–Trinajstić information content (AvgIpc) is 3.00. The Bertz CT molecular complexity index is 463. The van der Waals surface area contributed by atoms with Gasteiger partial charge in [-0.3, -0.25) is 4.90 Å². The normalized spacial score (nSPS) is 19.7. The van der Waals surface area contributed by atoms with Gasteiger partial charge in [0, 0.05) is 31.8 Å². The SMILES string of the molecule is CC(C)OC[C@H](O)CN(Cc1ccccc1F)C[C@H]1CCCO1. The monoisotopic (exact) mass is 325 g/mol. The summed E-state index contributed by atoms with van der Waals surface area (Å²) in [6.07, 6.45) is 1.75. The van der Waals surface area contributed by atoms with Crippen LogP contribution >= 0.6 is 0 Å². The van der Waals surface area contributed by atoms with E-state index in [2.05, 4.69) is 4.90 Å². The van der Waals surface area contributed by atoms with E-state index in [4.69, 9.17) is 9.47 Å². The molecule has 0 saturated carbocycles. The van der Waals surface area contributed by atoms with Crippen LogP contribution in [-0.2, 0) is 16.0 Å². The molecule has 0 bridgehead atoms. The Balaban J connectivity index is 1.94. The zero-order valence-electron chi connectivity index (χ0n) is 14.1. The highest BCUT2D eigenvalue weighted by atomic mass is 19.1. The highest BCUT2D eigenvalue weighted by Crippen LogP contribution is 2.16. The smallest absolute Gasteiger partial charge is 0.127 e. The molecule has 0 radical (unpaired) electrons. The summed E-state index contributed by atoms with van der Waals surface area (Å²) in [5.74, 6) is -0.210. The molecule has 0 unspecified atom stereocenters. The van der Waals surface area contributed by atoms with Crippen molar-refractivity contribution in [2.45, 2.75) is 51.5 Å². The summed E-state index contributed by atoms with van der Waals surface area (Å²) in [6.45, 7) is 6.57.